The Kier molecular flexibility index (Phi) is 36.3. The molecule has 2 N–H and O–H groups in total. The molecule has 0 unspecified atom stereocenters. The number of aliphatic hydroxyl groups excluding tert-OH is 2. The highest BCUT2D eigenvalue weighted by Gasteiger charge is 2.29. The molecule has 1 saturated carbocycles. The van der Waals surface area contributed by atoms with Crippen LogP contribution in [0.25, 0.3) is 0 Å². The van der Waals surface area contributed by atoms with Gasteiger partial charge in [0.25, 0.3) is 0 Å². The lowest BCUT2D eigenvalue weighted by molar-refractivity contribution is 0.108. The molecule has 0 spiro atoms. The molecule has 2 nitrogen and oxygen atoms in total. The Labute approximate surface area is 329 Å². The molecule has 2 heteroatoms. The lowest BCUT2D eigenvalue weighted by Gasteiger charge is -2.35. The molecular weight excluding hydrogens is 633 g/mol. The minimum atomic E-state index is 0.176. The summed E-state index contributed by atoms with van der Waals surface area (Å²) >= 11 is 0. The van der Waals surface area contributed by atoms with Gasteiger partial charge in [0.1, 0.15) is 0 Å². The summed E-state index contributed by atoms with van der Waals surface area (Å²) in [5, 5.41) is 19.7. The Morgan fingerprint density at radius 1 is 0.269 bits per heavy atom. The van der Waals surface area contributed by atoms with Gasteiger partial charge in [-0.3, -0.25) is 0 Å². The van der Waals surface area contributed by atoms with Crippen LogP contribution in [-0.2, 0) is 0 Å². The molecule has 1 aliphatic rings. The van der Waals surface area contributed by atoms with Crippen molar-refractivity contribution in [3.63, 3.8) is 0 Å². The number of hydrogen-bond donors (Lipinski definition) is 2. The Balaban J connectivity index is 2.67. The van der Waals surface area contributed by atoms with Gasteiger partial charge >= 0.3 is 0 Å². The normalized spacial score (nSPS) is 18.7. The highest BCUT2D eigenvalue weighted by molar-refractivity contribution is 4.81. The fourth-order valence-corrected chi connectivity index (χ4v) is 10.1. The van der Waals surface area contributed by atoms with Crippen molar-refractivity contribution in [2.75, 3.05) is 13.2 Å². The zero-order valence-corrected chi connectivity index (χ0v) is 36.4. The highest BCUT2D eigenvalue weighted by atomic mass is 16.3. The molecule has 1 aliphatic carbocycles. The van der Waals surface area contributed by atoms with Crippen molar-refractivity contribution in [1.82, 2.24) is 0 Å². The lowest BCUT2D eigenvalue weighted by atomic mass is 9.70. The SMILES string of the molecule is CCCCCCCCCCCCCC1(CCCCCCCCCCCCC)CCCCCCCCCC(CCO)(CCO)CCCCCCCCC1. The molecule has 0 bridgehead atoms. The summed E-state index contributed by atoms with van der Waals surface area (Å²) in [6.45, 7) is 5.20. The molecule has 0 atom stereocenters. The quantitative estimate of drug-likeness (QED) is 0.0786. The molecule has 0 amide bonds. The van der Waals surface area contributed by atoms with Crippen LogP contribution in [0.2, 0.25) is 0 Å². The van der Waals surface area contributed by atoms with Crippen LogP contribution in [0.5, 0.6) is 0 Å². The van der Waals surface area contributed by atoms with E-state index >= 15 is 0 Å². The van der Waals surface area contributed by atoms with Gasteiger partial charge in [-0.25, -0.2) is 0 Å². The van der Waals surface area contributed by atoms with E-state index in [2.05, 4.69) is 13.8 Å². The minimum Gasteiger partial charge on any atom is -0.396 e. The summed E-state index contributed by atoms with van der Waals surface area (Å²) in [6.07, 6.45) is 61.8. The Hall–Kier alpha value is -0.0800. The summed E-state index contributed by atoms with van der Waals surface area (Å²) < 4.78 is 0. The second kappa shape index (κ2) is 37.8. The minimum absolute atomic E-state index is 0.176. The van der Waals surface area contributed by atoms with Crippen molar-refractivity contribution in [3.8, 4) is 0 Å². The van der Waals surface area contributed by atoms with Gasteiger partial charge < -0.3 is 10.2 Å². The van der Waals surface area contributed by atoms with Crippen molar-refractivity contribution >= 4 is 0 Å². The first-order valence-corrected chi connectivity index (χ1v) is 24.9. The van der Waals surface area contributed by atoms with E-state index in [-0.39, 0.29) is 18.6 Å². The van der Waals surface area contributed by atoms with E-state index in [0.717, 1.165) is 12.8 Å². The van der Waals surface area contributed by atoms with Crippen molar-refractivity contribution in [2.24, 2.45) is 10.8 Å². The van der Waals surface area contributed by atoms with Crippen LogP contribution in [0.15, 0.2) is 0 Å². The molecule has 312 valence electrons. The van der Waals surface area contributed by atoms with E-state index in [1.807, 2.05) is 0 Å². The van der Waals surface area contributed by atoms with E-state index in [9.17, 15) is 10.2 Å². The maximum atomic E-state index is 9.87. The van der Waals surface area contributed by atoms with Gasteiger partial charge in [-0.2, -0.15) is 0 Å². The number of unbranched alkanes of at least 4 members (excludes halogenated alkanes) is 20. The zero-order chi connectivity index (χ0) is 37.5. The summed E-state index contributed by atoms with van der Waals surface area (Å²) in [6, 6.07) is 0. The van der Waals surface area contributed by atoms with Crippen LogP contribution in [0, 0.1) is 10.8 Å². The third kappa shape index (κ3) is 29.2. The molecular formula is C50H100O2. The van der Waals surface area contributed by atoms with E-state index in [1.54, 1.807) is 0 Å². The first-order valence-electron chi connectivity index (χ1n) is 24.9. The number of hydrogen-bond acceptors (Lipinski definition) is 2. The first kappa shape index (κ1) is 49.9. The van der Waals surface area contributed by atoms with Gasteiger partial charge in [0, 0.05) is 13.2 Å². The molecule has 0 saturated heterocycles. The molecule has 1 rings (SSSR count). The summed E-state index contributed by atoms with van der Waals surface area (Å²) in [5.74, 6) is 0. The highest BCUT2D eigenvalue weighted by Crippen LogP contribution is 2.43. The van der Waals surface area contributed by atoms with Gasteiger partial charge in [0.05, 0.1) is 0 Å². The van der Waals surface area contributed by atoms with Gasteiger partial charge in [-0.1, -0.05) is 245 Å². The predicted molar refractivity (Wildman–Crippen MR) is 234 cm³/mol. The average Bonchev–Trinajstić information content (AvgIpc) is 3.14. The fourth-order valence-electron chi connectivity index (χ4n) is 10.1. The molecule has 0 aromatic rings. The van der Waals surface area contributed by atoms with Crippen molar-refractivity contribution in [3.05, 3.63) is 0 Å². The maximum absolute atomic E-state index is 9.87. The van der Waals surface area contributed by atoms with Crippen LogP contribution in [0.1, 0.15) is 296 Å². The van der Waals surface area contributed by atoms with Crippen molar-refractivity contribution in [2.45, 2.75) is 296 Å². The Morgan fingerprint density at radius 3 is 0.731 bits per heavy atom. The van der Waals surface area contributed by atoms with Gasteiger partial charge in [0.2, 0.25) is 0 Å². The largest absolute Gasteiger partial charge is 0.396 e. The fraction of sp³-hybridized carbons (Fsp3) is 1.00. The number of rotatable bonds is 28. The summed E-state index contributed by atoms with van der Waals surface area (Å²) in [5.41, 5.74) is 0.803. The standard InChI is InChI=1S/C50H100O2/c1-3-5-7-9-11-13-15-17-21-27-33-39-49(40-34-28-22-18-16-14-12-10-8-6-4-2)41-35-29-23-19-25-31-37-43-50(45-47-51,46-48-52)44-38-32-26-20-24-30-36-42-49/h51-52H,3-48H2,1-2H3. The van der Waals surface area contributed by atoms with Crippen molar-refractivity contribution in [1.29, 1.82) is 0 Å². The Morgan fingerprint density at radius 2 is 0.481 bits per heavy atom. The smallest absolute Gasteiger partial charge is 0.0436 e. The van der Waals surface area contributed by atoms with Crippen LogP contribution in [0.3, 0.4) is 0 Å². The second-order valence-corrected chi connectivity index (χ2v) is 18.5. The first-order chi connectivity index (χ1) is 25.7. The third-order valence-corrected chi connectivity index (χ3v) is 13.7. The van der Waals surface area contributed by atoms with Crippen LogP contribution in [-0.4, -0.2) is 23.4 Å². The van der Waals surface area contributed by atoms with E-state index in [0.29, 0.717) is 5.41 Å². The van der Waals surface area contributed by atoms with E-state index < -0.39 is 0 Å². The number of aliphatic hydroxyl groups is 2. The topological polar surface area (TPSA) is 40.5 Å². The van der Waals surface area contributed by atoms with Crippen LogP contribution >= 0.6 is 0 Å². The maximum Gasteiger partial charge on any atom is 0.0436 e. The van der Waals surface area contributed by atoms with Crippen LogP contribution in [0.4, 0.5) is 0 Å². The second-order valence-electron chi connectivity index (χ2n) is 18.5. The predicted octanol–water partition coefficient (Wildman–Crippen LogP) is 17.2. The van der Waals surface area contributed by atoms with Gasteiger partial charge in [-0.15, -0.1) is 0 Å². The Bertz CT molecular complexity index is 630. The molecule has 0 radical (unpaired) electrons. The van der Waals surface area contributed by atoms with Gasteiger partial charge in [0.15, 0.2) is 0 Å². The van der Waals surface area contributed by atoms with E-state index in [1.165, 1.54) is 270 Å². The molecule has 0 aliphatic heterocycles. The van der Waals surface area contributed by atoms with Crippen molar-refractivity contribution < 1.29 is 10.2 Å². The summed E-state index contributed by atoms with van der Waals surface area (Å²) in [4.78, 5) is 0. The van der Waals surface area contributed by atoms with Crippen LogP contribution < -0.4 is 0 Å². The molecule has 0 aromatic heterocycles. The summed E-state index contributed by atoms with van der Waals surface area (Å²) in [7, 11) is 0. The lowest BCUT2D eigenvalue weighted by Crippen LogP contribution is -2.24. The molecule has 0 heterocycles. The molecule has 1 fully saturated rings. The third-order valence-electron chi connectivity index (χ3n) is 13.7. The molecule has 0 aromatic carbocycles. The van der Waals surface area contributed by atoms with E-state index in [4.69, 9.17) is 0 Å². The average molecular weight is 733 g/mol. The zero-order valence-electron chi connectivity index (χ0n) is 36.4. The monoisotopic (exact) mass is 733 g/mol. The van der Waals surface area contributed by atoms with Gasteiger partial charge in [-0.05, 0) is 62.2 Å². The molecule has 52 heavy (non-hydrogen) atoms.